The number of hydrogen-bond donors (Lipinski definition) is 1. The molecule has 1 aliphatic rings. The maximum absolute atomic E-state index is 13.0. The number of ether oxygens (including phenoxy) is 1. The minimum atomic E-state index is -3.66. The van der Waals surface area contributed by atoms with Crippen molar-refractivity contribution in [3.63, 3.8) is 0 Å². The van der Waals surface area contributed by atoms with Crippen molar-refractivity contribution in [1.29, 1.82) is 0 Å². The average Bonchev–Trinajstić information content (AvgIpc) is 3.17. The molecule has 0 aliphatic carbocycles. The van der Waals surface area contributed by atoms with Gasteiger partial charge in [-0.3, -0.25) is 4.79 Å². The van der Waals surface area contributed by atoms with Crippen LogP contribution in [0.1, 0.15) is 12.5 Å². The van der Waals surface area contributed by atoms with E-state index in [-0.39, 0.29) is 10.8 Å². The van der Waals surface area contributed by atoms with E-state index < -0.39 is 15.3 Å². The first-order valence-corrected chi connectivity index (χ1v) is 12.2. The molecule has 2 aromatic carbocycles. The van der Waals surface area contributed by atoms with Crippen LogP contribution in [0.25, 0.3) is 11.1 Å². The van der Waals surface area contributed by atoms with Gasteiger partial charge < -0.3 is 14.5 Å². The summed E-state index contributed by atoms with van der Waals surface area (Å²) >= 11 is 1.20. The van der Waals surface area contributed by atoms with E-state index in [1.807, 2.05) is 24.3 Å². The molecule has 1 amide bonds. The van der Waals surface area contributed by atoms with Gasteiger partial charge in [0.05, 0.1) is 23.4 Å². The van der Waals surface area contributed by atoms with Crippen molar-refractivity contribution in [1.82, 2.24) is 9.29 Å². The molecule has 1 aromatic heterocycles. The van der Waals surface area contributed by atoms with Gasteiger partial charge in [0.2, 0.25) is 15.9 Å². The minimum Gasteiger partial charge on any atom is -0.431 e. The van der Waals surface area contributed by atoms with E-state index in [1.165, 1.54) is 22.1 Å². The Morgan fingerprint density at radius 1 is 1.19 bits per heavy atom. The lowest BCUT2D eigenvalue weighted by Crippen LogP contribution is -2.40. The number of para-hydroxylation sites is 2. The van der Waals surface area contributed by atoms with E-state index in [0.29, 0.717) is 48.4 Å². The van der Waals surface area contributed by atoms with Crippen LogP contribution in [0.3, 0.4) is 0 Å². The molecule has 31 heavy (non-hydrogen) atoms. The normalized spacial score (nSPS) is 16.3. The van der Waals surface area contributed by atoms with E-state index in [0.717, 1.165) is 5.52 Å². The van der Waals surface area contributed by atoms with Gasteiger partial charge in [0, 0.05) is 18.8 Å². The third kappa shape index (κ3) is 4.77. The second-order valence-corrected chi connectivity index (χ2v) is 10.4. The molecule has 1 saturated heterocycles. The summed E-state index contributed by atoms with van der Waals surface area (Å²) in [4.78, 5) is 17.3. The molecule has 8 nitrogen and oxygen atoms in total. The van der Waals surface area contributed by atoms with Crippen LogP contribution in [0.15, 0.2) is 57.0 Å². The van der Waals surface area contributed by atoms with Crippen LogP contribution >= 0.6 is 11.8 Å². The summed E-state index contributed by atoms with van der Waals surface area (Å²) in [5, 5.41) is 2.72. The van der Waals surface area contributed by atoms with Gasteiger partial charge in [-0.25, -0.2) is 13.4 Å². The highest BCUT2D eigenvalue weighted by molar-refractivity contribution is 8.00. The second-order valence-electron chi connectivity index (χ2n) is 7.19. The Morgan fingerprint density at radius 2 is 1.94 bits per heavy atom. The molecular formula is C21H23N3O5S2. The van der Waals surface area contributed by atoms with Crippen molar-refractivity contribution in [2.45, 2.75) is 29.2 Å². The lowest BCUT2D eigenvalue weighted by atomic mass is 10.2. The topological polar surface area (TPSA) is 102 Å². The Balaban J connectivity index is 1.48. The third-order valence-electron chi connectivity index (χ3n) is 4.96. The molecule has 10 heteroatoms. The molecule has 1 atom stereocenters. The molecule has 0 saturated carbocycles. The molecule has 2 heterocycles. The third-order valence-corrected chi connectivity index (χ3v) is 7.95. The number of nitrogens with zero attached hydrogens (tertiary/aromatic N) is 2. The molecule has 1 N–H and O–H groups in total. The number of hydrogen-bond acceptors (Lipinski definition) is 7. The van der Waals surface area contributed by atoms with Crippen LogP contribution in [0.4, 0.5) is 5.69 Å². The van der Waals surface area contributed by atoms with Crippen LogP contribution < -0.4 is 5.32 Å². The number of rotatable bonds is 6. The molecule has 0 radical (unpaired) electrons. The van der Waals surface area contributed by atoms with Crippen LogP contribution in [0, 0.1) is 6.92 Å². The second kappa shape index (κ2) is 8.99. The van der Waals surface area contributed by atoms with Crippen LogP contribution in [0.2, 0.25) is 0 Å². The number of amides is 1. The van der Waals surface area contributed by atoms with Crippen molar-refractivity contribution in [2.75, 3.05) is 31.6 Å². The molecule has 4 rings (SSSR count). The summed E-state index contributed by atoms with van der Waals surface area (Å²) in [6, 6.07) is 12.3. The van der Waals surface area contributed by atoms with Crippen LogP contribution in [-0.2, 0) is 19.6 Å². The number of anilines is 1. The fraction of sp³-hybridized carbons (Fsp3) is 0.333. The van der Waals surface area contributed by atoms with Crippen molar-refractivity contribution >= 4 is 44.5 Å². The zero-order valence-electron chi connectivity index (χ0n) is 17.2. The number of oxazole rings is 1. The summed E-state index contributed by atoms with van der Waals surface area (Å²) < 4.78 is 38.4. The molecule has 164 valence electrons. The number of morpholine rings is 1. The highest BCUT2D eigenvalue weighted by Crippen LogP contribution is 2.28. The molecule has 1 unspecified atom stereocenters. The standard InChI is InChI=1S/C21H23N3O5S2/c1-14-7-8-16(13-19(14)31(26,27)24-9-11-28-12-10-24)22-20(25)15(2)30-21-23-17-5-3-4-6-18(17)29-21/h3-8,13,15H,9-12H2,1-2H3,(H,22,25). The van der Waals surface area contributed by atoms with Gasteiger partial charge in [0.15, 0.2) is 5.58 Å². The Morgan fingerprint density at radius 3 is 2.68 bits per heavy atom. The number of nitrogens with one attached hydrogen (secondary N) is 1. The molecule has 1 aliphatic heterocycles. The molecule has 0 spiro atoms. The van der Waals surface area contributed by atoms with Gasteiger partial charge >= 0.3 is 0 Å². The predicted molar refractivity (Wildman–Crippen MR) is 119 cm³/mol. The number of aryl methyl sites for hydroxylation is 1. The van der Waals surface area contributed by atoms with Gasteiger partial charge in [-0.05, 0) is 43.7 Å². The lowest BCUT2D eigenvalue weighted by Gasteiger charge is -2.27. The largest absolute Gasteiger partial charge is 0.431 e. The van der Waals surface area contributed by atoms with Crippen LogP contribution in [0.5, 0.6) is 0 Å². The molecule has 3 aromatic rings. The van der Waals surface area contributed by atoms with Crippen LogP contribution in [-0.4, -0.2) is 55.2 Å². The van der Waals surface area contributed by atoms with Crippen molar-refractivity contribution in [3.05, 3.63) is 48.0 Å². The van der Waals surface area contributed by atoms with E-state index in [4.69, 9.17) is 9.15 Å². The Labute approximate surface area is 185 Å². The Bertz CT molecular complexity index is 1170. The summed E-state index contributed by atoms with van der Waals surface area (Å²) in [6.45, 7) is 4.87. The van der Waals surface area contributed by atoms with Gasteiger partial charge in [-0.2, -0.15) is 4.31 Å². The average molecular weight is 462 g/mol. The summed E-state index contributed by atoms with van der Waals surface area (Å²) in [7, 11) is -3.66. The maximum atomic E-state index is 13.0. The zero-order chi connectivity index (χ0) is 22.0. The summed E-state index contributed by atoms with van der Waals surface area (Å²) in [6.07, 6.45) is 0. The monoisotopic (exact) mass is 461 g/mol. The minimum absolute atomic E-state index is 0.187. The fourth-order valence-electron chi connectivity index (χ4n) is 3.23. The molecular weight excluding hydrogens is 438 g/mol. The highest BCUT2D eigenvalue weighted by Gasteiger charge is 2.28. The van der Waals surface area contributed by atoms with E-state index in [9.17, 15) is 13.2 Å². The maximum Gasteiger partial charge on any atom is 0.257 e. The Hall–Kier alpha value is -2.40. The number of carbonyl (C=O) groups is 1. The number of benzene rings is 2. The summed E-state index contributed by atoms with van der Waals surface area (Å²) in [5.41, 5.74) is 2.44. The van der Waals surface area contributed by atoms with Crippen molar-refractivity contribution in [2.24, 2.45) is 0 Å². The first kappa shape index (κ1) is 21.8. The van der Waals surface area contributed by atoms with Gasteiger partial charge in [0.25, 0.3) is 5.22 Å². The highest BCUT2D eigenvalue weighted by atomic mass is 32.2. The quantitative estimate of drug-likeness (QED) is 0.562. The number of sulfonamides is 1. The number of fused-ring (bicyclic) bond motifs is 1. The smallest absolute Gasteiger partial charge is 0.257 e. The molecule has 0 bridgehead atoms. The first-order chi connectivity index (χ1) is 14.8. The molecule has 1 fully saturated rings. The zero-order valence-corrected chi connectivity index (χ0v) is 18.8. The number of thioether (sulfide) groups is 1. The van der Waals surface area contributed by atoms with E-state index in [1.54, 1.807) is 26.0 Å². The number of aromatic nitrogens is 1. The van der Waals surface area contributed by atoms with E-state index >= 15 is 0 Å². The van der Waals surface area contributed by atoms with E-state index in [2.05, 4.69) is 10.3 Å². The van der Waals surface area contributed by atoms with Gasteiger partial charge in [-0.1, -0.05) is 30.0 Å². The van der Waals surface area contributed by atoms with Gasteiger partial charge in [-0.15, -0.1) is 0 Å². The lowest BCUT2D eigenvalue weighted by molar-refractivity contribution is -0.115. The predicted octanol–water partition coefficient (Wildman–Crippen LogP) is 3.28. The summed E-state index contributed by atoms with van der Waals surface area (Å²) in [5.74, 6) is -0.272. The fourth-order valence-corrected chi connectivity index (χ4v) is 5.65. The van der Waals surface area contributed by atoms with Crippen molar-refractivity contribution in [3.8, 4) is 0 Å². The van der Waals surface area contributed by atoms with Crippen molar-refractivity contribution < 1.29 is 22.4 Å². The SMILES string of the molecule is Cc1ccc(NC(=O)C(C)Sc2nc3ccccc3o2)cc1S(=O)(=O)N1CCOCC1. The first-order valence-electron chi connectivity index (χ1n) is 9.86. The Kier molecular flexibility index (Phi) is 6.33. The van der Waals surface area contributed by atoms with Gasteiger partial charge in [0.1, 0.15) is 5.52 Å². The number of carbonyl (C=O) groups excluding carboxylic acids is 1.